The fourth-order valence-corrected chi connectivity index (χ4v) is 1.58. The van der Waals surface area contributed by atoms with Gasteiger partial charge in [-0.3, -0.25) is 4.79 Å². The summed E-state index contributed by atoms with van der Waals surface area (Å²) in [7, 11) is 0. The van der Waals surface area contributed by atoms with E-state index in [0.29, 0.717) is 12.0 Å². The number of hydrogen-bond acceptors (Lipinski definition) is 2. The van der Waals surface area contributed by atoms with Crippen molar-refractivity contribution in [2.75, 3.05) is 0 Å². The first-order valence-electron chi connectivity index (χ1n) is 5.22. The highest BCUT2D eigenvalue weighted by Gasteiger charge is 2.28. The normalized spacial score (nSPS) is 14.7. The zero-order valence-corrected chi connectivity index (χ0v) is 9.79. The average molecular weight is 206 g/mol. The molecule has 1 aromatic carbocycles. The molecule has 0 aliphatic heterocycles. The molecular weight excluding hydrogens is 188 g/mol. The van der Waals surface area contributed by atoms with Crippen molar-refractivity contribution in [3.8, 4) is 0 Å². The van der Waals surface area contributed by atoms with Gasteiger partial charge in [-0.15, -0.1) is 0 Å². The van der Waals surface area contributed by atoms with Crippen LogP contribution in [-0.4, -0.2) is 16.5 Å². The second-order valence-corrected chi connectivity index (χ2v) is 4.33. The summed E-state index contributed by atoms with van der Waals surface area (Å²) in [5.41, 5.74) is 1.44. The Kier molecular flexibility index (Phi) is 3.30. The van der Waals surface area contributed by atoms with E-state index in [1.165, 1.54) is 0 Å². The first-order valence-corrected chi connectivity index (χ1v) is 5.22. The molecule has 0 spiro atoms. The van der Waals surface area contributed by atoms with Crippen LogP contribution in [0.5, 0.6) is 0 Å². The number of hydrogen-bond donors (Lipinski definition) is 1. The zero-order chi connectivity index (χ0) is 11.6. The highest BCUT2D eigenvalue weighted by atomic mass is 16.3. The molecular formula is C13H18O2. The monoisotopic (exact) mass is 206 g/mol. The van der Waals surface area contributed by atoms with Crippen molar-refractivity contribution in [1.82, 2.24) is 0 Å². The third kappa shape index (κ3) is 2.66. The van der Waals surface area contributed by atoms with Gasteiger partial charge in [-0.1, -0.05) is 24.1 Å². The summed E-state index contributed by atoms with van der Waals surface area (Å²) in [6.07, 6.45) is 0.429. The molecule has 15 heavy (non-hydrogen) atoms. The molecule has 1 aromatic rings. The van der Waals surface area contributed by atoms with Crippen molar-refractivity contribution in [1.29, 1.82) is 0 Å². The molecule has 82 valence electrons. The average Bonchev–Trinajstić information content (AvgIpc) is 2.15. The Labute approximate surface area is 90.9 Å². The van der Waals surface area contributed by atoms with E-state index in [-0.39, 0.29) is 5.78 Å². The van der Waals surface area contributed by atoms with Crippen LogP contribution in [0.4, 0.5) is 0 Å². The van der Waals surface area contributed by atoms with Crippen LogP contribution in [0.15, 0.2) is 18.2 Å². The lowest BCUT2D eigenvalue weighted by molar-refractivity contribution is 0.0390. The van der Waals surface area contributed by atoms with Gasteiger partial charge in [0, 0.05) is 5.56 Å². The van der Waals surface area contributed by atoms with Crippen LogP contribution < -0.4 is 0 Å². The van der Waals surface area contributed by atoms with Gasteiger partial charge in [0.2, 0.25) is 0 Å². The molecule has 0 aromatic heterocycles. The van der Waals surface area contributed by atoms with Gasteiger partial charge in [-0.25, -0.2) is 0 Å². The van der Waals surface area contributed by atoms with Gasteiger partial charge in [0.15, 0.2) is 5.78 Å². The van der Waals surface area contributed by atoms with E-state index in [1.54, 1.807) is 13.8 Å². The fraction of sp³-hybridized carbons (Fsp3) is 0.462. The molecule has 1 N–H and O–H groups in total. The van der Waals surface area contributed by atoms with Gasteiger partial charge in [0.25, 0.3) is 0 Å². The Morgan fingerprint density at radius 2 is 1.73 bits per heavy atom. The first-order chi connectivity index (χ1) is 6.86. The zero-order valence-electron chi connectivity index (χ0n) is 9.79. The molecule has 0 radical (unpaired) electrons. The Morgan fingerprint density at radius 3 is 2.13 bits per heavy atom. The SMILES string of the molecule is CCC(C)(O)C(=O)c1cc(C)cc(C)c1. The summed E-state index contributed by atoms with van der Waals surface area (Å²) in [5, 5.41) is 9.88. The highest BCUT2D eigenvalue weighted by molar-refractivity contribution is 6.02. The van der Waals surface area contributed by atoms with Crippen LogP contribution in [0.25, 0.3) is 0 Å². The molecule has 0 aliphatic carbocycles. The van der Waals surface area contributed by atoms with Crippen molar-refractivity contribution < 1.29 is 9.90 Å². The van der Waals surface area contributed by atoms with Crippen LogP contribution in [0.1, 0.15) is 41.8 Å². The molecule has 1 rings (SSSR count). The summed E-state index contributed by atoms with van der Waals surface area (Å²) in [4.78, 5) is 12.0. The largest absolute Gasteiger partial charge is 0.382 e. The highest BCUT2D eigenvalue weighted by Crippen LogP contribution is 2.18. The molecule has 0 heterocycles. The minimum Gasteiger partial charge on any atom is -0.382 e. The number of carbonyl (C=O) groups is 1. The number of carbonyl (C=O) groups excluding carboxylic acids is 1. The van der Waals surface area contributed by atoms with E-state index in [1.807, 2.05) is 32.0 Å². The third-order valence-corrected chi connectivity index (χ3v) is 2.66. The molecule has 2 nitrogen and oxygen atoms in total. The predicted molar refractivity (Wildman–Crippen MR) is 61.2 cm³/mol. The van der Waals surface area contributed by atoms with Gasteiger partial charge in [0.1, 0.15) is 5.60 Å². The lowest BCUT2D eigenvalue weighted by atomic mass is 9.91. The summed E-state index contributed by atoms with van der Waals surface area (Å²) >= 11 is 0. The van der Waals surface area contributed by atoms with Crippen molar-refractivity contribution >= 4 is 5.78 Å². The van der Waals surface area contributed by atoms with E-state index in [2.05, 4.69) is 0 Å². The smallest absolute Gasteiger partial charge is 0.194 e. The first kappa shape index (κ1) is 11.9. The van der Waals surface area contributed by atoms with Crippen LogP contribution in [0.2, 0.25) is 0 Å². The Hall–Kier alpha value is -1.15. The summed E-state index contributed by atoms with van der Waals surface area (Å²) in [6, 6.07) is 5.65. The minimum absolute atomic E-state index is 0.197. The Balaban J connectivity index is 3.12. The number of aryl methyl sites for hydroxylation is 2. The van der Waals surface area contributed by atoms with E-state index in [4.69, 9.17) is 0 Å². The minimum atomic E-state index is -1.25. The maximum atomic E-state index is 12.0. The van der Waals surface area contributed by atoms with Crippen molar-refractivity contribution in [3.63, 3.8) is 0 Å². The second-order valence-electron chi connectivity index (χ2n) is 4.33. The molecule has 0 aliphatic rings. The molecule has 0 fully saturated rings. The number of rotatable bonds is 3. The van der Waals surface area contributed by atoms with E-state index in [9.17, 15) is 9.90 Å². The van der Waals surface area contributed by atoms with E-state index in [0.717, 1.165) is 11.1 Å². The number of Topliss-reactive ketones (excluding diaryl/α,β-unsaturated/α-hetero) is 1. The number of benzene rings is 1. The van der Waals surface area contributed by atoms with Gasteiger partial charge < -0.3 is 5.11 Å². The Morgan fingerprint density at radius 1 is 1.27 bits per heavy atom. The van der Waals surface area contributed by atoms with Crippen LogP contribution in [0, 0.1) is 13.8 Å². The maximum absolute atomic E-state index is 12.0. The lowest BCUT2D eigenvalue weighted by Gasteiger charge is -2.20. The van der Waals surface area contributed by atoms with E-state index < -0.39 is 5.60 Å². The Bertz CT molecular complexity index is 358. The number of ketones is 1. The van der Waals surface area contributed by atoms with Gasteiger partial charge in [-0.2, -0.15) is 0 Å². The topological polar surface area (TPSA) is 37.3 Å². The van der Waals surface area contributed by atoms with E-state index >= 15 is 0 Å². The van der Waals surface area contributed by atoms with Crippen molar-refractivity contribution in [2.24, 2.45) is 0 Å². The van der Waals surface area contributed by atoms with Crippen molar-refractivity contribution in [3.05, 3.63) is 34.9 Å². The molecule has 0 amide bonds. The molecule has 2 heteroatoms. The molecule has 1 unspecified atom stereocenters. The standard InChI is InChI=1S/C13H18O2/c1-5-13(4,15)12(14)11-7-9(2)6-10(3)8-11/h6-8,15H,5H2,1-4H3. The second kappa shape index (κ2) is 4.15. The quantitative estimate of drug-likeness (QED) is 0.772. The van der Waals surface area contributed by atoms with Gasteiger partial charge in [0.05, 0.1) is 0 Å². The van der Waals surface area contributed by atoms with Gasteiger partial charge >= 0.3 is 0 Å². The summed E-state index contributed by atoms with van der Waals surface area (Å²) in [6.45, 7) is 7.27. The predicted octanol–water partition coefficient (Wildman–Crippen LogP) is 2.65. The molecule has 0 bridgehead atoms. The molecule has 0 saturated carbocycles. The van der Waals surface area contributed by atoms with Crippen LogP contribution in [-0.2, 0) is 0 Å². The molecule has 0 saturated heterocycles. The molecule has 1 atom stereocenters. The van der Waals surface area contributed by atoms with Crippen LogP contribution >= 0.6 is 0 Å². The fourth-order valence-electron chi connectivity index (χ4n) is 1.58. The lowest BCUT2D eigenvalue weighted by Crippen LogP contribution is -2.34. The van der Waals surface area contributed by atoms with Crippen molar-refractivity contribution in [2.45, 2.75) is 39.7 Å². The summed E-state index contributed by atoms with van der Waals surface area (Å²) in [5.74, 6) is -0.197. The maximum Gasteiger partial charge on any atom is 0.194 e. The van der Waals surface area contributed by atoms with Gasteiger partial charge in [-0.05, 0) is 39.3 Å². The summed E-state index contributed by atoms with van der Waals surface area (Å²) < 4.78 is 0. The van der Waals surface area contributed by atoms with Crippen LogP contribution in [0.3, 0.4) is 0 Å². The third-order valence-electron chi connectivity index (χ3n) is 2.66. The number of aliphatic hydroxyl groups is 1.